The van der Waals surface area contributed by atoms with E-state index in [0.717, 1.165) is 17.9 Å². The molecule has 0 atom stereocenters. The zero-order chi connectivity index (χ0) is 15.0. The average Bonchev–Trinajstić information content (AvgIpc) is 2.38. The minimum absolute atomic E-state index is 0.156. The Bertz CT molecular complexity index is 433. The Kier molecular flexibility index (Phi) is 6.87. The van der Waals surface area contributed by atoms with Gasteiger partial charge in [-0.1, -0.05) is 12.1 Å². The maximum absolute atomic E-state index is 11.5. The van der Waals surface area contributed by atoms with Crippen molar-refractivity contribution in [1.29, 1.82) is 0 Å². The molecule has 0 radical (unpaired) electrons. The molecule has 1 rings (SSSR count). The summed E-state index contributed by atoms with van der Waals surface area (Å²) in [6, 6.07) is 5.94. The van der Waals surface area contributed by atoms with Crippen molar-refractivity contribution in [3.8, 4) is 5.75 Å². The molecule has 0 aliphatic heterocycles. The van der Waals surface area contributed by atoms with Crippen molar-refractivity contribution in [2.75, 3.05) is 40.3 Å². The van der Waals surface area contributed by atoms with Crippen LogP contribution < -0.4 is 15.4 Å². The molecule has 0 aliphatic carbocycles. The van der Waals surface area contributed by atoms with Crippen LogP contribution in [0.1, 0.15) is 11.1 Å². The highest BCUT2D eigenvalue weighted by atomic mass is 16.5. The molecule has 0 aromatic heterocycles. The lowest BCUT2D eigenvalue weighted by Gasteiger charge is -2.12. The summed E-state index contributed by atoms with van der Waals surface area (Å²) < 4.78 is 5.66. The van der Waals surface area contributed by atoms with E-state index >= 15 is 0 Å². The lowest BCUT2D eigenvalue weighted by atomic mass is 10.1. The third-order valence-electron chi connectivity index (χ3n) is 2.83. The number of likely N-dealkylation sites (N-methyl/N-ethyl adjacent to an activating group) is 1. The highest BCUT2D eigenvalue weighted by molar-refractivity contribution is 5.73. The van der Waals surface area contributed by atoms with Crippen LogP contribution in [0.2, 0.25) is 0 Å². The topological polar surface area (TPSA) is 53.6 Å². The number of nitrogens with one attached hydrogen (secondary N) is 2. The van der Waals surface area contributed by atoms with Gasteiger partial charge in [0.25, 0.3) is 0 Å². The second-order valence-electron chi connectivity index (χ2n) is 5.10. The van der Waals surface area contributed by atoms with Gasteiger partial charge in [0, 0.05) is 13.1 Å². The quantitative estimate of drug-likeness (QED) is 0.745. The van der Waals surface area contributed by atoms with Crippen LogP contribution in [0.3, 0.4) is 0 Å². The summed E-state index contributed by atoms with van der Waals surface area (Å²) in [5.74, 6) is 0.875. The second kappa shape index (κ2) is 8.43. The van der Waals surface area contributed by atoms with Crippen molar-refractivity contribution >= 4 is 6.03 Å². The Hall–Kier alpha value is -1.75. The summed E-state index contributed by atoms with van der Waals surface area (Å²) >= 11 is 0. The minimum Gasteiger partial charge on any atom is -0.491 e. The van der Waals surface area contributed by atoms with Crippen molar-refractivity contribution in [3.63, 3.8) is 0 Å². The predicted octanol–water partition coefficient (Wildman–Crippen LogP) is 1.54. The molecule has 2 N–H and O–H groups in total. The van der Waals surface area contributed by atoms with Gasteiger partial charge in [-0.25, -0.2) is 4.79 Å². The van der Waals surface area contributed by atoms with Gasteiger partial charge in [0.15, 0.2) is 0 Å². The summed E-state index contributed by atoms with van der Waals surface area (Å²) in [4.78, 5) is 13.5. The van der Waals surface area contributed by atoms with E-state index in [1.807, 2.05) is 45.0 Å². The van der Waals surface area contributed by atoms with E-state index in [9.17, 15) is 4.79 Å². The Balaban J connectivity index is 2.18. The van der Waals surface area contributed by atoms with Gasteiger partial charge in [-0.15, -0.1) is 0 Å². The number of hydrogen-bond donors (Lipinski definition) is 2. The number of aryl methyl sites for hydroxylation is 2. The normalized spacial score (nSPS) is 10.4. The summed E-state index contributed by atoms with van der Waals surface area (Å²) in [7, 11) is 3.94. The van der Waals surface area contributed by atoms with Crippen LogP contribution in [-0.4, -0.2) is 51.3 Å². The molecule has 2 amide bonds. The van der Waals surface area contributed by atoms with Gasteiger partial charge >= 0.3 is 6.03 Å². The summed E-state index contributed by atoms with van der Waals surface area (Å²) in [6.07, 6.45) is 0. The van der Waals surface area contributed by atoms with Crippen LogP contribution in [0.4, 0.5) is 4.79 Å². The fourth-order valence-electron chi connectivity index (χ4n) is 1.64. The monoisotopic (exact) mass is 279 g/mol. The molecular formula is C15H25N3O2. The molecule has 0 saturated heterocycles. The lowest BCUT2D eigenvalue weighted by molar-refractivity contribution is 0.235. The Morgan fingerprint density at radius 2 is 1.90 bits per heavy atom. The number of urea groups is 1. The largest absolute Gasteiger partial charge is 0.491 e. The van der Waals surface area contributed by atoms with Crippen molar-refractivity contribution < 1.29 is 9.53 Å². The standard InChI is InChI=1S/C15H25N3O2/c1-12-5-6-13(2)14(11-12)20-10-8-17-15(19)16-7-9-18(3)4/h5-6,11H,7-10H2,1-4H3,(H2,16,17,19). The molecule has 5 heteroatoms. The van der Waals surface area contributed by atoms with E-state index in [1.54, 1.807) is 0 Å². The third-order valence-corrected chi connectivity index (χ3v) is 2.83. The first-order valence-corrected chi connectivity index (χ1v) is 6.85. The molecule has 0 bridgehead atoms. The van der Waals surface area contributed by atoms with Crippen LogP contribution in [0.5, 0.6) is 5.75 Å². The first-order chi connectivity index (χ1) is 9.49. The fraction of sp³-hybridized carbons (Fsp3) is 0.533. The number of nitrogens with zero attached hydrogens (tertiary/aromatic N) is 1. The number of rotatable bonds is 7. The zero-order valence-electron chi connectivity index (χ0n) is 12.8. The molecule has 0 aliphatic rings. The summed E-state index contributed by atoms with van der Waals surface area (Å²) in [5, 5.41) is 5.55. The van der Waals surface area contributed by atoms with Gasteiger partial charge in [0.05, 0.1) is 6.54 Å². The highest BCUT2D eigenvalue weighted by Gasteiger charge is 2.01. The molecular weight excluding hydrogens is 254 g/mol. The number of benzene rings is 1. The van der Waals surface area contributed by atoms with Crippen molar-refractivity contribution in [2.45, 2.75) is 13.8 Å². The fourth-order valence-corrected chi connectivity index (χ4v) is 1.64. The Morgan fingerprint density at radius 3 is 2.60 bits per heavy atom. The van der Waals surface area contributed by atoms with Crippen LogP contribution in [0.25, 0.3) is 0 Å². The van der Waals surface area contributed by atoms with E-state index in [0.29, 0.717) is 19.7 Å². The van der Waals surface area contributed by atoms with Gasteiger partial charge in [-0.05, 0) is 45.1 Å². The molecule has 1 aromatic carbocycles. The number of amides is 2. The van der Waals surface area contributed by atoms with Crippen molar-refractivity contribution in [2.24, 2.45) is 0 Å². The third kappa shape index (κ3) is 6.43. The first-order valence-electron chi connectivity index (χ1n) is 6.85. The number of ether oxygens (including phenoxy) is 1. The van der Waals surface area contributed by atoms with Crippen molar-refractivity contribution in [3.05, 3.63) is 29.3 Å². The van der Waals surface area contributed by atoms with Gasteiger partial charge < -0.3 is 20.3 Å². The molecule has 5 nitrogen and oxygen atoms in total. The van der Waals surface area contributed by atoms with Crippen LogP contribution in [0, 0.1) is 13.8 Å². The van der Waals surface area contributed by atoms with Gasteiger partial charge in [-0.2, -0.15) is 0 Å². The lowest BCUT2D eigenvalue weighted by Crippen LogP contribution is -2.40. The molecule has 1 aromatic rings. The highest BCUT2D eigenvalue weighted by Crippen LogP contribution is 2.18. The molecule has 0 spiro atoms. The predicted molar refractivity (Wildman–Crippen MR) is 81.4 cm³/mol. The van der Waals surface area contributed by atoms with E-state index in [2.05, 4.69) is 16.7 Å². The van der Waals surface area contributed by atoms with Gasteiger partial charge in [0.2, 0.25) is 0 Å². The van der Waals surface area contributed by atoms with Crippen LogP contribution in [-0.2, 0) is 0 Å². The SMILES string of the molecule is Cc1ccc(C)c(OCCNC(=O)NCCN(C)C)c1. The van der Waals surface area contributed by atoms with E-state index < -0.39 is 0 Å². The molecule has 0 heterocycles. The number of carbonyl (C=O) groups is 1. The molecule has 112 valence electrons. The minimum atomic E-state index is -0.156. The Labute approximate surface area is 121 Å². The van der Waals surface area contributed by atoms with Crippen LogP contribution >= 0.6 is 0 Å². The average molecular weight is 279 g/mol. The number of hydrogen-bond acceptors (Lipinski definition) is 3. The van der Waals surface area contributed by atoms with E-state index in [4.69, 9.17) is 4.74 Å². The first kappa shape index (κ1) is 16.3. The maximum atomic E-state index is 11.5. The second-order valence-corrected chi connectivity index (χ2v) is 5.10. The van der Waals surface area contributed by atoms with Gasteiger partial charge in [-0.3, -0.25) is 0 Å². The van der Waals surface area contributed by atoms with Gasteiger partial charge in [0.1, 0.15) is 12.4 Å². The summed E-state index contributed by atoms with van der Waals surface area (Å²) in [5.41, 5.74) is 2.27. The van der Waals surface area contributed by atoms with E-state index in [-0.39, 0.29) is 6.03 Å². The van der Waals surface area contributed by atoms with E-state index in [1.165, 1.54) is 5.56 Å². The molecule has 0 fully saturated rings. The molecule has 20 heavy (non-hydrogen) atoms. The zero-order valence-corrected chi connectivity index (χ0v) is 12.8. The molecule has 0 saturated carbocycles. The molecule has 0 unspecified atom stereocenters. The summed E-state index contributed by atoms with van der Waals surface area (Å²) in [6.45, 7) is 6.45. The maximum Gasteiger partial charge on any atom is 0.314 e. The Morgan fingerprint density at radius 1 is 1.20 bits per heavy atom. The van der Waals surface area contributed by atoms with Crippen molar-refractivity contribution in [1.82, 2.24) is 15.5 Å². The smallest absolute Gasteiger partial charge is 0.314 e. The van der Waals surface area contributed by atoms with Crippen LogP contribution in [0.15, 0.2) is 18.2 Å². The number of carbonyl (C=O) groups excluding carboxylic acids is 1.